The molecule has 0 bridgehead atoms. The van der Waals surface area contributed by atoms with Crippen LogP contribution in [-0.2, 0) is 4.79 Å². The second-order valence-corrected chi connectivity index (χ2v) is 5.98. The van der Waals surface area contributed by atoms with E-state index >= 15 is 0 Å². The third kappa shape index (κ3) is 5.96. The van der Waals surface area contributed by atoms with Gasteiger partial charge in [-0.3, -0.25) is 4.79 Å². The van der Waals surface area contributed by atoms with Crippen LogP contribution in [0.15, 0.2) is 18.2 Å². The molecule has 0 spiro atoms. The van der Waals surface area contributed by atoms with Crippen LogP contribution in [0.25, 0.3) is 0 Å². The van der Waals surface area contributed by atoms with Crippen molar-refractivity contribution in [1.29, 1.82) is 0 Å². The fourth-order valence-corrected chi connectivity index (χ4v) is 2.45. The Hall–Kier alpha value is -1.23. The summed E-state index contributed by atoms with van der Waals surface area (Å²) in [4.78, 5) is 11.9. The monoisotopic (exact) mass is 357 g/mol. The molecular weight excluding hydrogens is 334 g/mol. The highest BCUT2D eigenvalue weighted by molar-refractivity contribution is 9.10. The molecule has 0 heterocycles. The maximum atomic E-state index is 12.1. The van der Waals surface area contributed by atoms with Crippen molar-refractivity contribution in [3.8, 4) is 11.5 Å². The number of nitrogens with one attached hydrogen (secondary N) is 1. The van der Waals surface area contributed by atoms with Gasteiger partial charge in [-0.25, -0.2) is 0 Å². The first kappa shape index (κ1) is 17.8. The summed E-state index contributed by atoms with van der Waals surface area (Å²) >= 11 is 3.45. The highest BCUT2D eigenvalue weighted by atomic mass is 79.9. The molecule has 0 radical (unpaired) electrons. The van der Waals surface area contributed by atoms with Crippen molar-refractivity contribution in [2.75, 3.05) is 19.5 Å². The van der Waals surface area contributed by atoms with Crippen molar-refractivity contribution in [3.63, 3.8) is 0 Å². The predicted octanol–water partition coefficient (Wildman–Crippen LogP) is 4.38. The van der Waals surface area contributed by atoms with Gasteiger partial charge in [0.1, 0.15) is 0 Å². The summed E-state index contributed by atoms with van der Waals surface area (Å²) < 4.78 is 10.4. The first-order valence-electron chi connectivity index (χ1n) is 7.29. The van der Waals surface area contributed by atoms with Gasteiger partial charge in [0.25, 0.3) is 0 Å². The number of alkyl halides is 1. The molecule has 21 heavy (non-hydrogen) atoms. The molecule has 118 valence electrons. The summed E-state index contributed by atoms with van der Waals surface area (Å²) in [5.41, 5.74) is 0.704. The second-order valence-electron chi connectivity index (χ2n) is 4.88. The zero-order valence-corrected chi connectivity index (χ0v) is 14.5. The molecule has 1 aromatic rings. The molecule has 1 rings (SSSR count). The van der Waals surface area contributed by atoms with Gasteiger partial charge in [0.15, 0.2) is 11.5 Å². The van der Waals surface area contributed by atoms with Crippen LogP contribution in [-0.4, -0.2) is 25.0 Å². The van der Waals surface area contributed by atoms with E-state index in [9.17, 15) is 4.79 Å². The van der Waals surface area contributed by atoms with Crippen molar-refractivity contribution in [1.82, 2.24) is 0 Å². The van der Waals surface area contributed by atoms with E-state index in [-0.39, 0.29) is 10.7 Å². The Morgan fingerprint density at radius 2 is 1.90 bits per heavy atom. The van der Waals surface area contributed by atoms with Gasteiger partial charge in [-0.1, -0.05) is 48.5 Å². The number of hydrogen-bond donors (Lipinski definition) is 1. The van der Waals surface area contributed by atoms with E-state index in [1.807, 2.05) is 0 Å². The Labute approximate surface area is 135 Å². The van der Waals surface area contributed by atoms with Gasteiger partial charge in [0, 0.05) is 11.8 Å². The molecule has 0 aliphatic heterocycles. The number of hydrogen-bond acceptors (Lipinski definition) is 3. The van der Waals surface area contributed by atoms with Crippen LogP contribution in [0, 0.1) is 0 Å². The second kappa shape index (κ2) is 9.66. The summed E-state index contributed by atoms with van der Waals surface area (Å²) in [5.74, 6) is 1.22. The van der Waals surface area contributed by atoms with Crippen LogP contribution in [0.2, 0.25) is 0 Å². The molecule has 0 aliphatic carbocycles. The molecule has 1 aromatic carbocycles. The topological polar surface area (TPSA) is 47.6 Å². The maximum absolute atomic E-state index is 12.1. The summed E-state index contributed by atoms with van der Waals surface area (Å²) in [6.07, 6.45) is 5.49. The third-order valence-electron chi connectivity index (χ3n) is 3.25. The minimum atomic E-state index is -0.164. The van der Waals surface area contributed by atoms with Gasteiger partial charge in [-0.2, -0.15) is 0 Å². The highest BCUT2D eigenvalue weighted by Crippen LogP contribution is 2.30. The van der Waals surface area contributed by atoms with E-state index < -0.39 is 0 Å². The van der Waals surface area contributed by atoms with Crippen LogP contribution >= 0.6 is 15.9 Å². The largest absolute Gasteiger partial charge is 0.493 e. The van der Waals surface area contributed by atoms with Crippen molar-refractivity contribution >= 4 is 27.5 Å². The highest BCUT2D eigenvalue weighted by Gasteiger charge is 2.15. The Kier molecular flexibility index (Phi) is 8.20. The molecule has 5 heteroatoms. The Bertz CT molecular complexity index is 451. The van der Waals surface area contributed by atoms with Crippen molar-refractivity contribution in [2.45, 2.75) is 43.9 Å². The van der Waals surface area contributed by atoms with Crippen molar-refractivity contribution < 1.29 is 14.3 Å². The van der Waals surface area contributed by atoms with E-state index in [0.717, 1.165) is 12.8 Å². The molecule has 4 nitrogen and oxygen atoms in total. The molecule has 0 fully saturated rings. The summed E-state index contributed by atoms with van der Waals surface area (Å²) in [5, 5.41) is 2.89. The number of carbonyl (C=O) groups is 1. The van der Waals surface area contributed by atoms with Crippen molar-refractivity contribution in [3.05, 3.63) is 18.2 Å². The number of methoxy groups -OCH3 is 2. The van der Waals surface area contributed by atoms with Gasteiger partial charge in [-0.15, -0.1) is 0 Å². The van der Waals surface area contributed by atoms with Gasteiger partial charge in [0.2, 0.25) is 5.91 Å². The minimum Gasteiger partial charge on any atom is -0.493 e. The fraction of sp³-hybridized carbons (Fsp3) is 0.562. The number of anilines is 1. The maximum Gasteiger partial charge on any atom is 0.238 e. The zero-order chi connectivity index (χ0) is 15.7. The van der Waals surface area contributed by atoms with Crippen LogP contribution in [0.5, 0.6) is 11.5 Å². The number of benzene rings is 1. The average Bonchev–Trinajstić information content (AvgIpc) is 2.51. The molecule has 1 N–H and O–H groups in total. The lowest BCUT2D eigenvalue weighted by Gasteiger charge is -2.13. The smallest absolute Gasteiger partial charge is 0.238 e. The van der Waals surface area contributed by atoms with E-state index in [1.165, 1.54) is 19.3 Å². The predicted molar refractivity (Wildman–Crippen MR) is 89.6 cm³/mol. The molecule has 0 unspecified atom stereocenters. The van der Waals surface area contributed by atoms with E-state index in [2.05, 4.69) is 28.2 Å². The first-order chi connectivity index (χ1) is 10.1. The standard InChI is InChI=1S/C16H24BrNO3/c1-4-5-6-7-8-13(17)16(19)18-12-9-10-14(20-2)15(11-12)21-3/h9-11,13H,4-8H2,1-3H3,(H,18,19)/t13-/m1/s1. The van der Waals surface area contributed by atoms with Gasteiger partial charge in [-0.05, 0) is 18.6 Å². The SMILES string of the molecule is CCCCCC[C@@H](Br)C(=O)Nc1ccc(OC)c(OC)c1. The van der Waals surface area contributed by atoms with Gasteiger partial charge < -0.3 is 14.8 Å². The lowest BCUT2D eigenvalue weighted by atomic mass is 10.1. The molecule has 0 saturated heterocycles. The van der Waals surface area contributed by atoms with Crippen LogP contribution in [0.3, 0.4) is 0 Å². The lowest BCUT2D eigenvalue weighted by Crippen LogP contribution is -2.22. The Morgan fingerprint density at radius 1 is 1.19 bits per heavy atom. The molecule has 1 atom stereocenters. The van der Waals surface area contributed by atoms with Gasteiger partial charge >= 0.3 is 0 Å². The summed E-state index contributed by atoms with van der Waals surface area (Å²) in [6.45, 7) is 2.18. The molecule has 0 saturated carbocycles. The summed E-state index contributed by atoms with van der Waals surface area (Å²) in [7, 11) is 3.16. The van der Waals surface area contributed by atoms with E-state index in [4.69, 9.17) is 9.47 Å². The quantitative estimate of drug-likeness (QED) is 0.527. The van der Waals surface area contributed by atoms with Crippen LogP contribution in [0.4, 0.5) is 5.69 Å². The number of amides is 1. The molecule has 0 aromatic heterocycles. The number of rotatable bonds is 9. The van der Waals surface area contributed by atoms with Crippen LogP contribution < -0.4 is 14.8 Å². The molecule has 0 aliphatic rings. The van der Waals surface area contributed by atoms with Crippen LogP contribution in [0.1, 0.15) is 39.0 Å². The number of halogens is 1. The normalized spacial score (nSPS) is 11.8. The fourth-order valence-electron chi connectivity index (χ4n) is 2.02. The zero-order valence-electron chi connectivity index (χ0n) is 12.9. The lowest BCUT2D eigenvalue weighted by molar-refractivity contribution is -0.115. The summed E-state index contributed by atoms with van der Waals surface area (Å²) in [6, 6.07) is 5.34. The minimum absolute atomic E-state index is 0.0290. The van der Waals surface area contributed by atoms with E-state index in [1.54, 1.807) is 32.4 Å². The molecular formula is C16H24BrNO3. The average molecular weight is 358 g/mol. The number of unbranched alkanes of at least 4 members (excludes halogenated alkanes) is 3. The van der Waals surface area contributed by atoms with Crippen molar-refractivity contribution in [2.24, 2.45) is 0 Å². The number of ether oxygens (including phenoxy) is 2. The third-order valence-corrected chi connectivity index (χ3v) is 4.12. The van der Waals surface area contributed by atoms with E-state index in [0.29, 0.717) is 17.2 Å². The first-order valence-corrected chi connectivity index (χ1v) is 8.20. The molecule has 1 amide bonds. The van der Waals surface area contributed by atoms with Gasteiger partial charge in [0.05, 0.1) is 19.0 Å². The number of carbonyl (C=O) groups excluding carboxylic acids is 1. The Balaban J connectivity index is 2.53. The Morgan fingerprint density at radius 3 is 2.52 bits per heavy atom.